The summed E-state index contributed by atoms with van der Waals surface area (Å²) in [6.45, 7) is 10.5. The van der Waals surface area contributed by atoms with Crippen LogP contribution in [-0.2, 0) is 4.79 Å². The summed E-state index contributed by atoms with van der Waals surface area (Å²) >= 11 is 6.40. The van der Waals surface area contributed by atoms with Crippen LogP contribution in [-0.4, -0.2) is 37.0 Å². The van der Waals surface area contributed by atoms with Gasteiger partial charge < -0.3 is 10.1 Å². The molecule has 1 amide bonds. The van der Waals surface area contributed by atoms with Gasteiger partial charge in [0.25, 0.3) is 5.91 Å². The predicted octanol–water partition coefficient (Wildman–Crippen LogP) is 4.53. The normalized spacial score (nSPS) is 12.1. The van der Waals surface area contributed by atoms with Crippen molar-refractivity contribution in [2.45, 2.75) is 33.7 Å². The van der Waals surface area contributed by atoms with Gasteiger partial charge in [-0.2, -0.15) is 0 Å². The Labute approximate surface area is 167 Å². The first-order valence-electron chi connectivity index (χ1n) is 9.41. The van der Waals surface area contributed by atoms with E-state index in [2.05, 4.69) is 24.1 Å². The molecule has 0 saturated heterocycles. The number of rotatable bonds is 9. The molecule has 1 atom stereocenters. The zero-order chi connectivity index (χ0) is 19.8. The largest absolute Gasteiger partial charge is 0.484 e. The fourth-order valence-corrected chi connectivity index (χ4v) is 3.32. The van der Waals surface area contributed by atoms with Crippen LogP contribution < -0.4 is 10.1 Å². The molecule has 0 bridgehead atoms. The van der Waals surface area contributed by atoms with E-state index in [1.165, 1.54) is 5.56 Å². The monoisotopic (exact) mass is 388 g/mol. The SMILES string of the molecule is CCN(CC)[C@H](CNC(=O)COc1ccc(C)c(C)c1)c1ccccc1Cl. The summed E-state index contributed by atoms with van der Waals surface area (Å²) in [5.41, 5.74) is 3.38. The van der Waals surface area contributed by atoms with Gasteiger partial charge in [0.15, 0.2) is 6.61 Å². The third-order valence-electron chi connectivity index (χ3n) is 4.86. The molecule has 2 rings (SSSR count). The molecule has 1 N–H and O–H groups in total. The van der Waals surface area contributed by atoms with Crippen LogP contribution in [0.15, 0.2) is 42.5 Å². The Morgan fingerprint density at radius 2 is 1.81 bits per heavy atom. The van der Waals surface area contributed by atoms with Crippen LogP contribution in [0.4, 0.5) is 0 Å². The van der Waals surface area contributed by atoms with Crippen LogP contribution in [0.5, 0.6) is 5.75 Å². The summed E-state index contributed by atoms with van der Waals surface area (Å²) in [4.78, 5) is 14.6. The van der Waals surface area contributed by atoms with E-state index >= 15 is 0 Å². The number of halogens is 1. The number of carbonyl (C=O) groups is 1. The van der Waals surface area contributed by atoms with E-state index in [0.717, 1.165) is 29.2 Å². The van der Waals surface area contributed by atoms with Crippen LogP contribution in [0.3, 0.4) is 0 Å². The molecule has 0 fully saturated rings. The first-order valence-corrected chi connectivity index (χ1v) is 9.79. The number of benzene rings is 2. The van der Waals surface area contributed by atoms with Crippen molar-refractivity contribution < 1.29 is 9.53 Å². The Kier molecular flexibility index (Phi) is 8.14. The van der Waals surface area contributed by atoms with Crippen molar-refractivity contribution in [3.8, 4) is 5.75 Å². The summed E-state index contributed by atoms with van der Waals surface area (Å²) in [6.07, 6.45) is 0. The van der Waals surface area contributed by atoms with Gasteiger partial charge >= 0.3 is 0 Å². The molecule has 0 unspecified atom stereocenters. The Morgan fingerprint density at radius 3 is 2.44 bits per heavy atom. The molecule has 4 nitrogen and oxygen atoms in total. The fraction of sp³-hybridized carbons (Fsp3) is 0.409. The van der Waals surface area contributed by atoms with Crippen molar-refractivity contribution in [2.24, 2.45) is 0 Å². The molecule has 0 saturated carbocycles. The van der Waals surface area contributed by atoms with Crippen molar-refractivity contribution in [1.29, 1.82) is 0 Å². The average Bonchev–Trinajstić information content (AvgIpc) is 2.67. The molecule has 0 aliphatic heterocycles. The van der Waals surface area contributed by atoms with Gasteiger partial charge in [0.05, 0.1) is 6.04 Å². The van der Waals surface area contributed by atoms with Crippen LogP contribution in [0, 0.1) is 13.8 Å². The van der Waals surface area contributed by atoms with E-state index in [0.29, 0.717) is 12.3 Å². The number of hydrogen-bond acceptors (Lipinski definition) is 3. The predicted molar refractivity (Wildman–Crippen MR) is 112 cm³/mol. The van der Waals surface area contributed by atoms with Crippen molar-refractivity contribution in [3.63, 3.8) is 0 Å². The maximum absolute atomic E-state index is 12.3. The van der Waals surface area contributed by atoms with Crippen LogP contribution in [0.25, 0.3) is 0 Å². The number of ether oxygens (including phenoxy) is 1. The highest BCUT2D eigenvalue weighted by atomic mass is 35.5. The van der Waals surface area contributed by atoms with Crippen molar-refractivity contribution in [2.75, 3.05) is 26.2 Å². The lowest BCUT2D eigenvalue weighted by atomic mass is 10.0. The summed E-state index contributed by atoms with van der Waals surface area (Å²) < 4.78 is 5.63. The molecular weight excluding hydrogens is 360 g/mol. The maximum atomic E-state index is 12.3. The molecule has 0 spiro atoms. The summed E-state index contributed by atoms with van der Waals surface area (Å²) in [5, 5.41) is 3.71. The van der Waals surface area contributed by atoms with E-state index in [-0.39, 0.29) is 18.6 Å². The molecule has 0 heterocycles. The minimum Gasteiger partial charge on any atom is -0.484 e. The van der Waals surface area contributed by atoms with Gasteiger partial charge in [0.2, 0.25) is 0 Å². The highest BCUT2D eigenvalue weighted by Gasteiger charge is 2.21. The van der Waals surface area contributed by atoms with Crippen molar-refractivity contribution in [3.05, 3.63) is 64.2 Å². The summed E-state index contributed by atoms with van der Waals surface area (Å²) in [5.74, 6) is 0.567. The third kappa shape index (κ3) is 5.98. The number of carbonyl (C=O) groups excluding carboxylic acids is 1. The minimum atomic E-state index is -0.141. The second-order valence-electron chi connectivity index (χ2n) is 6.60. The van der Waals surface area contributed by atoms with Crippen LogP contribution in [0.1, 0.15) is 36.6 Å². The Morgan fingerprint density at radius 1 is 1.11 bits per heavy atom. The lowest BCUT2D eigenvalue weighted by molar-refractivity contribution is -0.123. The second kappa shape index (κ2) is 10.3. The van der Waals surface area contributed by atoms with Gasteiger partial charge in [-0.1, -0.05) is 49.7 Å². The highest BCUT2D eigenvalue weighted by molar-refractivity contribution is 6.31. The van der Waals surface area contributed by atoms with Crippen LogP contribution in [0.2, 0.25) is 5.02 Å². The standard InChI is InChI=1S/C22H29ClN2O2/c1-5-25(6-2)21(19-9-7-8-10-20(19)23)14-24-22(26)15-27-18-12-11-16(3)17(4)13-18/h7-13,21H,5-6,14-15H2,1-4H3,(H,24,26)/t21-/m1/s1. The van der Waals surface area contributed by atoms with Gasteiger partial charge in [-0.15, -0.1) is 0 Å². The Balaban J connectivity index is 1.98. The summed E-state index contributed by atoms with van der Waals surface area (Å²) in [6, 6.07) is 13.7. The average molecular weight is 389 g/mol. The van der Waals surface area contributed by atoms with E-state index in [1.807, 2.05) is 56.3 Å². The van der Waals surface area contributed by atoms with Gasteiger partial charge in [-0.05, 0) is 61.8 Å². The van der Waals surface area contributed by atoms with Gasteiger partial charge in [0.1, 0.15) is 5.75 Å². The number of nitrogens with one attached hydrogen (secondary N) is 1. The highest BCUT2D eigenvalue weighted by Crippen LogP contribution is 2.27. The maximum Gasteiger partial charge on any atom is 0.258 e. The molecule has 27 heavy (non-hydrogen) atoms. The molecule has 0 aliphatic rings. The number of hydrogen-bond donors (Lipinski definition) is 1. The number of nitrogens with zero attached hydrogens (tertiary/aromatic N) is 1. The fourth-order valence-electron chi connectivity index (χ4n) is 3.06. The van der Waals surface area contributed by atoms with Crippen LogP contribution >= 0.6 is 11.6 Å². The summed E-state index contributed by atoms with van der Waals surface area (Å²) in [7, 11) is 0. The zero-order valence-corrected chi connectivity index (χ0v) is 17.3. The number of aryl methyl sites for hydroxylation is 2. The van der Waals surface area contributed by atoms with Gasteiger partial charge in [-0.25, -0.2) is 0 Å². The molecule has 0 radical (unpaired) electrons. The Hall–Kier alpha value is -2.04. The van der Waals surface area contributed by atoms with E-state index in [9.17, 15) is 4.79 Å². The number of likely N-dealkylation sites (N-methyl/N-ethyl adjacent to an activating group) is 1. The lowest BCUT2D eigenvalue weighted by Gasteiger charge is -2.30. The second-order valence-corrected chi connectivity index (χ2v) is 7.00. The van der Waals surface area contributed by atoms with Crippen molar-refractivity contribution in [1.82, 2.24) is 10.2 Å². The first-order chi connectivity index (χ1) is 13.0. The van der Waals surface area contributed by atoms with Gasteiger partial charge in [-0.3, -0.25) is 9.69 Å². The number of amides is 1. The van der Waals surface area contributed by atoms with Crippen molar-refractivity contribution >= 4 is 17.5 Å². The zero-order valence-electron chi connectivity index (χ0n) is 16.6. The Bertz CT molecular complexity index is 760. The molecule has 146 valence electrons. The molecule has 0 aliphatic carbocycles. The van der Waals surface area contributed by atoms with E-state index in [1.54, 1.807) is 0 Å². The first kappa shape index (κ1) is 21.3. The quantitative estimate of drug-likeness (QED) is 0.685. The topological polar surface area (TPSA) is 41.6 Å². The van der Waals surface area contributed by atoms with E-state index in [4.69, 9.17) is 16.3 Å². The molecule has 5 heteroatoms. The van der Waals surface area contributed by atoms with Gasteiger partial charge in [0, 0.05) is 11.6 Å². The molecule has 0 aromatic heterocycles. The molecule has 2 aromatic carbocycles. The minimum absolute atomic E-state index is 0.00398. The molecule has 2 aromatic rings. The third-order valence-corrected chi connectivity index (χ3v) is 5.20. The molecular formula is C22H29ClN2O2. The van der Waals surface area contributed by atoms with E-state index < -0.39 is 0 Å². The smallest absolute Gasteiger partial charge is 0.258 e. The lowest BCUT2D eigenvalue weighted by Crippen LogP contribution is -2.39.